The van der Waals surface area contributed by atoms with Crippen LogP contribution in [0, 0.1) is 42.4 Å². The van der Waals surface area contributed by atoms with E-state index in [1.165, 1.54) is 43.4 Å². The highest BCUT2D eigenvalue weighted by Gasteiger charge is 2.52. The second-order valence-electron chi connectivity index (χ2n) is 23.2. The zero-order valence-corrected chi connectivity index (χ0v) is 47.7. The summed E-state index contributed by atoms with van der Waals surface area (Å²) in [5, 5.41) is 71.0. The number of para-hydroxylation sites is 1. The first-order valence-electron chi connectivity index (χ1n) is 27.3. The van der Waals surface area contributed by atoms with Gasteiger partial charge in [0.1, 0.15) is 45.7 Å². The molecule has 9 rings (SSSR count). The molecule has 2 fully saturated rings. The van der Waals surface area contributed by atoms with Crippen molar-refractivity contribution >= 4 is 49.8 Å². The topological polar surface area (TPSA) is 296 Å². The van der Waals surface area contributed by atoms with Gasteiger partial charge in [-0.05, 0) is 37.0 Å². The van der Waals surface area contributed by atoms with Crippen LogP contribution < -0.4 is 30.8 Å². The molecule has 8 N–H and O–H groups in total. The quantitative estimate of drug-likeness (QED) is 0.0654. The molecule has 22 heteroatoms. The van der Waals surface area contributed by atoms with Gasteiger partial charge in [0, 0.05) is 113 Å². The number of amides is 1. The van der Waals surface area contributed by atoms with Gasteiger partial charge in [0.2, 0.25) is 15.9 Å². The number of sulfonamides is 1. The summed E-state index contributed by atoms with van der Waals surface area (Å²) in [7, 11) is -2.63. The number of phenols is 2. The molecule has 1 amide bonds. The first-order chi connectivity index (χ1) is 37.1. The Balaban J connectivity index is 1.16. The number of hydrogen-bond acceptors (Lipinski definition) is 19. The van der Waals surface area contributed by atoms with Crippen LogP contribution in [0.15, 0.2) is 64.1 Å². The molecular weight excluding hydrogens is 1040 g/mol. The number of rotatable bonds is 10. The van der Waals surface area contributed by atoms with Crippen LogP contribution in [0.2, 0.25) is 0 Å². The van der Waals surface area contributed by atoms with Gasteiger partial charge in [-0.15, -0.1) is 0 Å². The Morgan fingerprint density at radius 1 is 0.937 bits per heavy atom. The Labute approximate surface area is 461 Å². The van der Waals surface area contributed by atoms with E-state index in [9.17, 15) is 43.5 Å². The predicted molar refractivity (Wildman–Crippen MR) is 294 cm³/mol. The van der Waals surface area contributed by atoms with E-state index in [4.69, 9.17) is 34.1 Å². The summed E-state index contributed by atoms with van der Waals surface area (Å²) in [6.45, 7) is 23.1. The zero-order chi connectivity index (χ0) is 57.8. The van der Waals surface area contributed by atoms with Crippen molar-refractivity contribution in [1.29, 1.82) is 0 Å². The molecule has 0 radical (unpaired) electrons. The van der Waals surface area contributed by atoms with E-state index < -0.39 is 117 Å². The van der Waals surface area contributed by atoms with E-state index in [2.05, 4.69) is 30.6 Å². The molecule has 6 aliphatic heterocycles. The lowest BCUT2D eigenvalue weighted by Gasteiger charge is -2.41. The second-order valence-corrected chi connectivity index (χ2v) is 24.7. The lowest BCUT2D eigenvalue weighted by Crippen LogP contribution is -2.51. The number of Topliss-reactive ketones (excluding diaryl/α,β-unsaturated/α-hetero) is 1. The Morgan fingerprint density at radius 3 is 2.19 bits per heavy atom. The molecule has 3 aromatic carbocycles. The number of nitrogens with one attached hydrogen (secondary N) is 1. The number of carbonyl (C=O) groups excluding carboxylic acids is 3. The van der Waals surface area contributed by atoms with E-state index >= 15 is 4.79 Å². The minimum absolute atomic E-state index is 0.0377. The van der Waals surface area contributed by atoms with Gasteiger partial charge in [-0.25, -0.2) is 13.6 Å². The van der Waals surface area contributed by atoms with E-state index in [-0.39, 0.29) is 81.5 Å². The molecular formula is C57H79N7O14S. The molecule has 10 atom stereocenters. The number of aliphatic hydroxyl groups is 3. The molecule has 21 nitrogen and oxygen atoms in total. The highest BCUT2D eigenvalue weighted by atomic mass is 32.2. The normalized spacial score (nSPS) is 29.9. The number of phenolic OH excluding ortho intramolecular Hbond substituents is 2. The van der Waals surface area contributed by atoms with Crippen molar-refractivity contribution in [2.75, 3.05) is 63.1 Å². The number of nitrogens with two attached hydrogens (primary N) is 1. The van der Waals surface area contributed by atoms with Crippen LogP contribution in [0.25, 0.3) is 10.8 Å². The summed E-state index contributed by atoms with van der Waals surface area (Å²) in [5.74, 6) is -8.95. The number of anilines is 2. The standard InChI is InChI=1S/C57H79N7O14S/c1-12-57-54(71)44-42-43(50(69)36(10)53(44)78-57)51(70)47(46-45(42)59-55(60-46)18-20-62(21-19-55)29-30(2)3)61-56(72,31(4)5)28-32(6)48(67)34(8)49(68)35(9)52(33(7)38(75-11)17-26-76-57)77-41(66)27-40(65)64-24-22-63(23-25-64)37-15-13-14-16-39(37)79(58,73)74/h12-17,26,30-35,38,48-49,52,61,67-70,72H,1,18-25,27-29H2,2-11H3,(H2,58,73,74)/b26-17+/t32-,33+,34+,35+,38-,48-,49+,52+,56?,57-/m0/s1. The van der Waals surface area contributed by atoms with Crippen LogP contribution >= 0.6 is 0 Å². The van der Waals surface area contributed by atoms with Gasteiger partial charge in [-0.3, -0.25) is 24.4 Å². The highest BCUT2D eigenvalue weighted by molar-refractivity contribution is 7.89. The van der Waals surface area contributed by atoms with Crippen LogP contribution in [0.1, 0.15) is 97.0 Å². The summed E-state index contributed by atoms with van der Waals surface area (Å²) >= 11 is 0. The number of aliphatic hydroxyl groups excluding tert-OH is 2. The first kappa shape index (κ1) is 59.2. The summed E-state index contributed by atoms with van der Waals surface area (Å²) in [6.07, 6.45) is -0.788. The summed E-state index contributed by atoms with van der Waals surface area (Å²) in [6, 6.07) is 6.31. The number of hydrogen-bond donors (Lipinski definition) is 7. The molecule has 3 aromatic rings. The Kier molecular flexibility index (Phi) is 16.9. The minimum Gasteiger partial charge on any atom is -0.507 e. The third kappa shape index (κ3) is 11.2. The number of ether oxygens (including phenoxy) is 4. The highest BCUT2D eigenvalue weighted by Crippen LogP contribution is 2.51. The minimum atomic E-state index is -4.03. The number of ketones is 1. The molecule has 432 valence electrons. The Hall–Kier alpha value is -5.88. The van der Waals surface area contributed by atoms with Crippen LogP contribution in [0.5, 0.6) is 17.2 Å². The number of benzene rings is 3. The van der Waals surface area contributed by atoms with E-state index in [0.29, 0.717) is 37.5 Å². The number of primary sulfonamides is 1. The molecule has 5 bridgehead atoms. The molecule has 79 heavy (non-hydrogen) atoms. The number of carbonyl (C=O) groups is 3. The number of aromatic hydroxyl groups is 2. The lowest BCUT2D eigenvalue weighted by atomic mass is 9.76. The number of likely N-dealkylation sites (tertiary alicyclic amines) is 1. The number of esters is 1. The fourth-order valence-electron chi connectivity index (χ4n) is 12.2. The van der Waals surface area contributed by atoms with Crippen LogP contribution in [0.3, 0.4) is 0 Å². The van der Waals surface area contributed by atoms with Gasteiger partial charge < -0.3 is 64.5 Å². The monoisotopic (exact) mass is 1120 g/mol. The van der Waals surface area contributed by atoms with Crippen molar-refractivity contribution in [2.24, 2.45) is 50.6 Å². The maximum absolute atomic E-state index is 15.2. The maximum Gasteiger partial charge on any atom is 0.336 e. The molecule has 1 unspecified atom stereocenters. The summed E-state index contributed by atoms with van der Waals surface area (Å²) in [5.41, 5.74) is -2.50. The summed E-state index contributed by atoms with van der Waals surface area (Å²) < 4.78 is 49.4. The molecule has 0 aliphatic carbocycles. The Morgan fingerprint density at radius 2 is 1.58 bits per heavy atom. The maximum atomic E-state index is 15.2. The lowest BCUT2D eigenvalue weighted by molar-refractivity contribution is -0.166. The van der Waals surface area contributed by atoms with Gasteiger partial charge in [-0.2, -0.15) is 0 Å². The van der Waals surface area contributed by atoms with Crippen LogP contribution in [0.4, 0.5) is 11.4 Å². The molecule has 6 heterocycles. The Bertz CT molecular complexity index is 3140. The van der Waals surface area contributed by atoms with Crippen molar-refractivity contribution in [2.45, 2.75) is 134 Å². The first-order valence-corrected chi connectivity index (χ1v) is 28.9. The van der Waals surface area contributed by atoms with Crippen molar-refractivity contribution < 1.29 is 67.3 Å². The van der Waals surface area contributed by atoms with Gasteiger partial charge >= 0.3 is 11.8 Å². The van der Waals surface area contributed by atoms with E-state index in [1.54, 1.807) is 64.6 Å². The van der Waals surface area contributed by atoms with Crippen LogP contribution in [-0.4, -0.2) is 156 Å². The number of methoxy groups -OCH3 is 1. The van der Waals surface area contributed by atoms with Gasteiger partial charge in [0.15, 0.2) is 11.4 Å². The van der Waals surface area contributed by atoms with Crippen molar-refractivity contribution in [3.63, 3.8) is 0 Å². The number of nitrogens with zero attached hydrogens (tertiary/aromatic N) is 5. The SMILES string of the molecule is C=C[C@@]12O/C=C/[C@H](OC)[C@@H](C)[C@@H](OC(=O)CC(=O)N3CCN(c4ccccc4S(N)(=O)=O)CC3)[C@H](C)[C@H](O)[C@H](C)[C@@H](O)[C@@H](C)CC(O)(C(C)C)Nc3c(O)c4c(O)c(C)c(c(c4c4c3=NC3(CCN(CC(C)C)CC3)N=4)C1=O)O2. The van der Waals surface area contributed by atoms with Crippen LogP contribution in [-0.2, 0) is 33.8 Å². The van der Waals surface area contributed by atoms with Gasteiger partial charge in [0.05, 0.1) is 46.6 Å². The van der Waals surface area contributed by atoms with E-state index in [1.807, 2.05) is 0 Å². The van der Waals surface area contributed by atoms with Crippen molar-refractivity contribution in [1.82, 2.24) is 9.80 Å². The molecule has 0 saturated carbocycles. The van der Waals surface area contributed by atoms with Crippen molar-refractivity contribution in [3.05, 3.63) is 71.1 Å². The molecule has 1 spiro atoms. The number of piperidine rings is 1. The number of piperazine rings is 1. The van der Waals surface area contributed by atoms with Crippen molar-refractivity contribution in [3.8, 4) is 17.2 Å². The third-order valence-corrected chi connectivity index (χ3v) is 18.0. The predicted octanol–water partition coefficient (Wildman–Crippen LogP) is 3.99. The second kappa shape index (κ2) is 22.6. The fraction of sp³-hybridized carbons (Fsp3) is 0.596. The zero-order valence-electron chi connectivity index (χ0n) is 46.9. The summed E-state index contributed by atoms with van der Waals surface area (Å²) in [4.78, 5) is 59.1. The molecule has 2 saturated heterocycles. The smallest absolute Gasteiger partial charge is 0.336 e. The molecule has 6 aliphatic rings. The largest absolute Gasteiger partial charge is 0.507 e. The van der Waals surface area contributed by atoms with Gasteiger partial charge in [0.25, 0.3) is 5.78 Å². The fourth-order valence-corrected chi connectivity index (χ4v) is 12.9. The van der Waals surface area contributed by atoms with E-state index in [0.717, 1.165) is 6.54 Å². The average Bonchev–Trinajstić information content (AvgIpc) is 3.93. The van der Waals surface area contributed by atoms with Gasteiger partial charge in [-0.1, -0.05) is 74.1 Å². The average molecular weight is 1120 g/mol. The third-order valence-electron chi connectivity index (χ3n) is 17.0. The number of fused-ring (bicyclic) bond motifs is 12. The molecule has 0 aromatic heterocycles.